The molecule has 1 aliphatic rings. The fourth-order valence-electron chi connectivity index (χ4n) is 2.29. The number of morpholine rings is 1. The molecule has 0 aliphatic carbocycles. The molecule has 2 heterocycles. The maximum absolute atomic E-state index is 12.5. The van der Waals surface area contributed by atoms with E-state index in [4.69, 9.17) is 4.74 Å². The standard InChI is InChI=1S/C13H17N5O5S2/c1-17-13(14-10-15-17)16-24(19,20)11-2-4-12(5-3-11)25(21,22)18-6-8-23-9-7-18/h2-5,10H,6-9H2,1H3,(H,14,15,16). The number of rotatable bonds is 5. The summed E-state index contributed by atoms with van der Waals surface area (Å²) >= 11 is 0. The number of nitrogens with zero attached hydrogens (tertiary/aromatic N) is 4. The number of aromatic nitrogens is 3. The van der Waals surface area contributed by atoms with E-state index in [2.05, 4.69) is 14.8 Å². The molecule has 0 bridgehead atoms. The van der Waals surface area contributed by atoms with E-state index in [9.17, 15) is 16.8 Å². The summed E-state index contributed by atoms with van der Waals surface area (Å²) in [4.78, 5) is 3.75. The van der Waals surface area contributed by atoms with E-state index in [1.165, 1.54) is 39.6 Å². The number of sulfonamides is 2. The highest BCUT2D eigenvalue weighted by Crippen LogP contribution is 2.20. The van der Waals surface area contributed by atoms with E-state index < -0.39 is 20.0 Å². The molecular formula is C13H17N5O5S2. The van der Waals surface area contributed by atoms with Gasteiger partial charge >= 0.3 is 0 Å². The van der Waals surface area contributed by atoms with E-state index in [0.717, 1.165) is 0 Å². The first-order chi connectivity index (χ1) is 11.8. The number of hydrogen-bond donors (Lipinski definition) is 1. The SMILES string of the molecule is Cn1ncnc1NS(=O)(=O)c1ccc(S(=O)(=O)N2CCOCC2)cc1. The maximum Gasteiger partial charge on any atom is 0.264 e. The van der Waals surface area contributed by atoms with Crippen molar-refractivity contribution in [2.75, 3.05) is 31.0 Å². The monoisotopic (exact) mass is 387 g/mol. The van der Waals surface area contributed by atoms with Crippen molar-refractivity contribution in [2.45, 2.75) is 9.79 Å². The van der Waals surface area contributed by atoms with Crippen molar-refractivity contribution in [1.29, 1.82) is 0 Å². The number of aryl methyl sites for hydroxylation is 1. The van der Waals surface area contributed by atoms with Crippen LogP contribution in [0.2, 0.25) is 0 Å². The minimum absolute atomic E-state index is 0.0343. The van der Waals surface area contributed by atoms with Crippen molar-refractivity contribution in [3.63, 3.8) is 0 Å². The quantitative estimate of drug-likeness (QED) is 0.743. The lowest BCUT2D eigenvalue weighted by atomic mass is 10.4. The van der Waals surface area contributed by atoms with Crippen molar-refractivity contribution in [2.24, 2.45) is 7.05 Å². The highest BCUT2D eigenvalue weighted by atomic mass is 32.2. The van der Waals surface area contributed by atoms with Gasteiger partial charge in [-0.15, -0.1) is 0 Å². The smallest absolute Gasteiger partial charge is 0.264 e. The van der Waals surface area contributed by atoms with Crippen LogP contribution in [0.4, 0.5) is 5.95 Å². The summed E-state index contributed by atoms with van der Waals surface area (Å²) in [5.41, 5.74) is 0. The Morgan fingerprint density at radius 1 is 1.04 bits per heavy atom. The summed E-state index contributed by atoms with van der Waals surface area (Å²) in [6.45, 7) is 1.23. The molecule has 0 unspecified atom stereocenters. The summed E-state index contributed by atoms with van der Waals surface area (Å²) in [5.74, 6) is 0.0602. The van der Waals surface area contributed by atoms with Crippen molar-refractivity contribution < 1.29 is 21.6 Å². The Labute approximate surface area is 145 Å². The van der Waals surface area contributed by atoms with Gasteiger partial charge in [-0.1, -0.05) is 0 Å². The third-order valence-corrected chi connectivity index (χ3v) is 6.94. The Morgan fingerprint density at radius 2 is 1.64 bits per heavy atom. The second-order valence-corrected chi connectivity index (χ2v) is 8.92. The zero-order valence-corrected chi connectivity index (χ0v) is 15.0. The van der Waals surface area contributed by atoms with Crippen LogP contribution in [0.15, 0.2) is 40.4 Å². The normalized spacial score (nSPS) is 16.7. The molecule has 1 aromatic carbocycles. The lowest BCUT2D eigenvalue weighted by Gasteiger charge is -2.26. The Morgan fingerprint density at radius 3 is 2.20 bits per heavy atom. The molecule has 1 fully saturated rings. The molecule has 0 spiro atoms. The van der Waals surface area contributed by atoms with Crippen LogP contribution in [0.1, 0.15) is 0 Å². The zero-order chi connectivity index (χ0) is 18.1. The molecular weight excluding hydrogens is 370 g/mol. The van der Waals surface area contributed by atoms with Crippen LogP contribution in [0, 0.1) is 0 Å². The first-order valence-corrected chi connectivity index (χ1v) is 10.3. The third-order valence-electron chi connectivity index (χ3n) is 3.68. The minimum Gasteiger partial charge on any atom is -0.379 e. The predicted octanol–water partition coefficient (Wildman–Crippen LogP) is -0.363. The van der Waals surface area contributed by atoms with Gasteiger partial charge in [-0.05, 0) is 24.3 Å². The lowest BCUT2D eigenvalue weighted by molar-refractivity contribution is 0.0730. The summed E-state index contributed by atoms with van der Waals surface area (Å²) in [5, 5.41) is 3.78. The Hall–Kier alpha value is -2.02. The summed E-state index contributed by atoms with van der Waals surface area (Å²) < 4.78 is 59.8. The van der Waals surface area contributed by atoms with Gasteiger partial charge in [-0.25, -0.2) is 26.2 Å². The molecule has 12 heteroatoms. The molecule has 1 N–H and O–H groups in total. The van der Waals surface area contributed by atoms with Gasteiger partial charge in [-0.2, -0.15) is 14.4 Å². The van der Waals surface area contributed by atoms with Crippen molar-refractivity contribution in [3.8, 4) is 0 Å². The summed E-state index contributed by atoms with van der Waals surface area (Å²) in [6.07, 6.45) is 1.22. The number of ether oxygens (including phenoxy) is 1. The molecule has 0 saturated carbocycles. The van der Waals surface area contributed by atoms with Crippen molar-refractivity contribution in [1.82, 2.24) is 19.1 Å². The summed E-state index contributed by atoms with van der Waals surface area (Å²) in [7, 11) is -6.02. The average molecular weight is 387 g/mol. The van der Waals surface area contributed by atoms with Gasteiger partial charge in [0.25, 0.3) is 10.0 Å². The molecule has 1 aliphatic heterocycles. The molecule has 1 aromatic heterocycles. The molecule has 0 radical (unpaired) electrons. The van der Waals surface area contributed by atoms with Gasteiger partial charge < -0.3 is 4.74 Å². The van der Waals surface area contributed by atoms with Crippen molar-refractivity contribution >= 4 is 26.0 Å². The van der Waals surface area contributed by atoms with E-state index >= 15 is 0 Å². The largest absolute Gasteiger partial charge is 0.379 e. The Balaban J connectivity index is 1.83. The molecule has 25 heavy (non-hydrogen) atoms. The fraction of sp³-hybridized carbons (Fsp3) is 0.385. The molecule has 1 saturated heterocycles. The Kier molecular flexibility index (Phi) is 4.77. The molecule has 2 aromatic rings. The van der Waals surface area contributed by atoms with Gasteiger partial charge in [0.1, 0.15) is 6.33 Å². The molecule has 0 amide bonds. The fourth-order valence-corrected chi connectivity index (χ4v) is 4.74. The highest BCUT2D eigenvalue weighted by Gasteiger charge is 2.27. The summed E-state index contributed by atoms with van der Waals surface area (Å²) in [6, 6.07) is 5.03. The van der Waals surface area contributed by atoms with E-state index in [-0.39, 0.29) is 28.8 Å². The minimum atomic E-state index is -3.89. The predicted molar refractivity (Wildman–Crippen MR) is 87.8 cm³/mol. The molecule has 0 atom stereocenters. The Bertz CT molecular complexity index is 947. The number of hydrogen-bond acceptors (Lipinski definition) is 7. The van der Waals surface area contributed by atoms with E-state index in [1.807, 2.05) is 0 Å². The van der Waals surface area contributed by atoms with Crippen LogP contribution in [0.25, 0.3) is 0 Å². The molecule has 136 valence electrons. The first kappa shape index (κ1) is 17.8. The molecule has 3 rings (SSSR count). The van der Waals surface area contributed by atoms with Crippen LogP contribution < -0.4 is 4.72 Å². The van der Waals surface area contributed by atoms with Crippen LogP contribution in [0.3, 0.4) is 0 Å². The lowest BCUT2D eigenvalue weighted by Crippen LogP contribution is -2.40. The maximum atomic E-state index is 12.5. The average Bonchev–Trinajstić information content (AvgIpc) is 3.00. The first-order valence-electron chi connectivity index (χ1n) is 7.35. The highest BCUT2D eigenvalue weighted by molar-refractivity contribution is 7.92. The van der Waals surface area contributed by atoms with E-state index in [0.29, 0.717) is 13.2 Å². The van der Waals surface area contributed by atoms with Gasteiger partial charge in [0.05, 0.1) is 23.0 Å². The zero-order valence-electron chi connectivity index (χ0n) is 13.4. The second kappa shape index (κ2) is 6.71. The van der Waals surface area contributed by atoms with Gasteiger partial charge in [0.15, 0.2) is 0 Å². The van der Waals surface area contributed by atoms with Gasteiger partial charge in [0, 0.05) is 20.1 Å². The van der Waals surface area contributed by atoms with Crippen LogP contribution in [0.5, 0.6) is 0 Å². The van der Waals surface area contributed by atoms with Crippen molar-refractivity contribution in [3.05, 3.63) is 30.6 Å². The van der Waals surface area contributed by atoms with Crippen LogP contribution in [-0.2, 0) is 31.8 Å². The van der Waals surface area contributed by atoms with Gasteiger partial charge in [0.2, 0.25) is 16.0 Å². The van der Waals surface area contributed by atoms with E-state index in [1.54, 1.807) is 7.05 Å². The topological polar surface area (TPSA) is 123 Å². The molecule has 10 nitrogen and oxygen atoms in total. The van der Waals surface area contributed by atoms with Gasteiger partial charge in [-0.3, -0.25) is 0 Å². The van der Waals surface area contributed by atoms with Crippen LogP contribution in [-0.4, -0.2) is 62.2 Å². The number of benzene rings is 1. The second-order valence-electron chi connectivity index (χ2n) is 5.30. The third kappa shape index (κ3) is 3.66. The number of anilines is 1. The van der Waals surface area contributed by atoms with Crippen LogP contribution >= 0.6 is 0 Å². The number of nitrogens with one attached hydrogen (secondary N) is 1.